The van der Waals surface area contributed by atoms with Gasteiger partial charge >= 0.3 is 0 Å². The third-order valence-electron chi connectivity index (χ3n) is 3.42. The van der Waals surface area contributed by atoms with E-state index in [2.05, 4.69) is 24.4 Å². The van der Waals surface area contributed by atoms with E-state index in [4.69, 9.17) is 0 Å². The lowest BCUT2D eigenvalue weighted by Gasteiger charge is -2.12. The van der Waals surface area contributed by atoms with Crippen molar-refractivity contribution in [2.24, 2.45) is 0 Å². The maximum absolute atomic E-state index is 12.2. The second-order valence-corrected chi connectivity index (χ2v) is 5.29. The van der Waals surface area contributed by atoms with Crippen LogP contribution >= 0.6 is 0 Å². The van der Waals surface area contributed by atoms with E-state index in [0.717, 1.165) is 22.5 Å². The maximum atomic E-state index is 12.2. The number of amides is 1. The predicted octanol–water partition coefficient (Wildman–Crippen LogP) is 2.85. The minimum Gasteiger partial charge on any atom is -0.320 e. The minimum absolute atomic E-state index is 0.000599. The monoisotopic (exact) mass is 269 g/mol. The summed E-state index contributed by atoms with van der Waals surface area (Å²) < 4.78 is 1.94. The van der Waals surface area contributed by atoms with E-state index in [1.165, 1.54) is 5.56 Å². The number of pyridine rings is 1. The Morgan fingerprint density at radius 2 is 1.75 bits per heavy atom. The smallest absolute Gasteiger partial charge is 0.290 e. The molecule has 0 atom stereocenters. The minimum atomic E-state index is -0.000599. The number of carbonyl (C=O) groups is 1. The zero-order valence-corrected chi connectivity index (χ0v) is 12.5. The molecule has 3 nitrogen and oxygen atoms in total. The van der Waals surface area contributed by atoms with Crippen LogP contribution in [0.3, 0.4) is 0 Å². The summed E-state index contributed by atoms with van der Waals surface area (Å²) >= 11 is 0. The van der Waals surface area contributed by atoms with Crippen molar-refractivity contribution < 1.29 is 9.36 Å². The van der Waals surface area contributed by atoms with Gasteiger partial charge in [-0.25, -0.2) is 0 Å². The fourth-order valence-electron chi connectivity index (χ4n) is 2.45. The molecule has 2 aromatic rings. The molecular weight excluding hydrogens is 248 g/mol. The first-order chi connectivity index (χ1) is 9.47. The highest BCUT2D eigenvalue weighted by atomic mass is 16.1. The Bertz CT molecular complexity index is 624. The molecule has 0 bridgehead atoms. The van der Waals surface area contributed by atoms with Crippen molar-refractivity contribution >= 4 is 11.6 Å². The number of aromatic nitrogens is 1. The second kappa shape index (κ2) is 5.87. The van der Waals surface area contributed by atoms with Gasteiger partial charge in [0.1, 0.15) is 0 Å². The molecule has 0 saturated heterocycles. The van der Waals surface area contributed by atoms with Crippen molar-refractivity contribution in [3.8, 4) is 0 Å². The molecule has 2 rings (SSSR count). The lowest BCUT2D eigenvalue weighted by Crippen LogP contribution is -2.42. The maximum Gasteiger partial charge on any atom is 0.290 e. The number of anilines is 1. The molecule has 1 aromatic carbocycles. The molecule has 1 heterocycles. The molecule has 0 aliphatic rings. The van der Waals surface area contributed by atoms with Gasteiger partial charge in [0.15, 0.2) is 11.9 Å². The van der Waals surface area contributed by atoms with Crippen molar-refractivity contribution in [2.45, 2.75) is 34.2 Å². The van der Waals surface area contributed by atoms with Crippen molar-refractivity contribution in [1.82, 2.24) is 0 Å². The number of hydrogen-bond acceptors (Lipinski definition) is 1. The summed E-state index contributed by atoms with van der Waals surface area (Å²) in [6, 6.07) is 10.1. The molecule has 0 unspecified atom stereocenters. The van der Waals surface area contributed by atoms with Crippen LogP contribution in [0.25, 0.3) is 0 Å². The lowest BCUT2D eigenvalue weighted by atomic mass is 10.1. The highest BCUT2D eigenvalue weighted by Crippen LogP contribution is 2.21. The van der Waals surface area contributed by atoms with Crippen LogP contribution in [0.15, 0.2) is 36.5 Å². The van der Waals surface area contributed by atoms with Crippen molar-refractivity contribution in [2.75, 3.05) is 5.32 Å². The molecule has 1 amide bonds. The molecular formula is C17H21N2O+. The number of nitrogens with zero attached hydrogens (tertiary/aromatic N) is 1. The number of nitrogens with one attached hydrogen (secondary N) is 1. The van der Waals surface area contributed by atoms with E-state index in [-0.39, 0.29) is 5.91 Å². The fraction of sp³-hybridized carbons (Fsp3) is 0.294. The van der Waals surface area contributed by atoms with Crippen LogP contribution in [-0.2, 0) is 11.3 Å². The summed E-state index contributed by atoms with van der Waals surface area (Å²) in [5.74, 6) is -0.000599. The average Bonchev–Trinajstić information content (AvgIpc) is 2.36. The molecule has 1 aromatic heterocycles. The SMILES string of the molecule is Cc1cc(C)c(NC(=O)C[n+]2ccccc2C)c(C)c1. The third-order valence-corrected chi connectivity index (χ3v) is 3.42. The first-order valence-electron chi connectivity index (χ1n) is 6.80. The Morgan fingerprint density at radius 3 is 2.35 bits per heavy atom. The van der Waals surface area contributed by atoms with Crippen molar-refractivity contribution in [3.63, 3.8) is 0 Å². The van der Waals surface area contributed by atoms with Gasteiger partial charge in [0.2, 0.25) is 6.54 Å². The molecule has 0 spiro atoms. The van der Waals surface area contributed by atoms with Gasteiger partial charge in [-0.15, -0.1) is 0 Å². The summed E-state index contributed by atoms with van der Waals surface area (Å²) in [6.07, 6.45) is 1.92. The first kappa shape index (κ1) is 14.3. The van der Waals surface area contributed by atoms with Gasteiger partial charge in [0.05, 0.1) is 0 Å². The molecule has 20 heavy (non-hydrogen) atoms. The van der Waals surface area contributed by atoms with E-state index in [1.54, 1.807) is 0 Å². The summed E-state index contributed by atoms with van der Waals surface area (Å²) in [7, 11) is 0. The topological polar surface area (TPSA) is 33.0 Å². The van der Waals surface area contributed by atoms with Crippen LogP contribution in [0.1, 0.15) is 22.4 Å². The van der Waals surface area contributed by atoms with Crippen molar-refractivity contribution in [1.29, 1.82) is 0 Å². The van der Waals surface area contributed by atoms with E-state index in [0.29, 0.717) is 6.54 Å². The van der Waals surface area contributed by atoms with Crippen LogP contribution in [-0.4, -0.2) is 5.91 Å². The predicted molar refractivity (Wildman–Crippen MR) is 80.7 cm³/mol. The van der Waals surface area contributed by atoms with Gasteiger partial charge in [-0.05, 0) is 31.9 Å². The summed E-state index contributed by atoms with van der Waals surface area (Å²) in [6.45, 7) is 8.44. The molecule has 0 aliphatic carbocycles. The Morgan fingerprint density at radius 1 is 1.10 bits per heavy atom. The molecule has 104 valence electrons. The average molecular weight is 269 g/mol. The van der Waals surface area contributed by atoms with Crippen LogP contribution in [0.5, 0.6) is 0 Å². The molecule has 0 fully saturated rings. The van der Waals surface area contributed by atoms with E-state index in [1.807, 2.05) is 49.7 Å². The van der Waals surface area contributed by atoms with E-state index >= 15 is 0 Å². The largest absolute Gasteiger partial charge is 0.320 e. The summed E-state index contributed by atoms with van der Waals surface area (Å²) in [5.41, 5.74) is 5.41. The highest BCUT2D eigenvalue weighted by Gasteiger charge is 2.14. The van der Waals surface area contributed by atoms with Gasteiger partial charge in [-0.1, -0.05) is 23.8 Å². The zero-order valence-electron chi connectivity index (χ0n) is 12.5. The van der Waals surface area contributed by atoms with Crippen LogP contribution in [0.2, 0.25) is 0 Å². The Hall–Kier alpha value is -2.16. The number of carbonyl (C=O) groups excluding carboxylic acids is 1. The van der Waals surface area contributed by atoms with E-state index in [9.17, 15) is 4.79 Å². The molecule has 3 heteroatoms. The highest BCUT2D eigenvalue weighted by molar-refractivity contribution is 5.91. The standard InChI is InChI=1S/C17H20N2O/c1-12-9-13(2)17(14(3)10-12)18-16(20)11-19-8-6-5-7-15(19)4/h5-10H,11H2,1-4H3/p+1. The normalized spacial score (nSPS) is 10.4. The molecule has 0 radical (unpaired) electrons. The van der Waals surface area contributed by atoms with Crippen LogP contribution in [0, 0.1) is 27.7 Å². The number of rotatable bonds is 3. The third kappa shape index (κ3) is 3.23. The Balaban J connectivity index is 2.15. The fourth-order valence-corrected chi connectivity index (χ4v) is 2.45. The number of aryl methyl sites for hydroxylation is 4. The quantitative estimate of drug-likeness (QED) is 0.854. The zero-order chi connectivity index (χ0) is 14.7. The summed E-state index contributed by atoms with van der Waals surface area (Å²) in [4.78, 5) is 12.2. The Kier molecular flexibility index (Phi) is 4.18. The van der Waals surface area contributed by atoms with Gasteiger partial charge < -0.3 is 5.32 Å². The summed E-state index contributed by atoms with van der Waals surface area (Å²) in [5, 5.41) is 3.02. The molecule has 0 saturated carbocycles. The Labute approximate surface area is 120 Å². The number of hydrogen-bond donors (Lipinski definition) is 1. The van der Waals surface area contributed by atoms with Crippen LogP contribution < -0.4 is 9.88 Å². The molecule has 1 N–H and O–H groups in total. The molecule has 0 aliphatic heterocycles. The van der Waals surface area contributed by atoms with Gasteiger partial charge in [-0.3, -0.25) is 4.79 Å². The van der Waals surface area contributed by atoms with Crippen molar-refractivity contribution in [3.05, 3.63) is 58.9 Å². The second-order valence-electron chi connectivity index (χ2n) is 5.29. The number of benzene rings is 1. The first-order valence-corrected chi connectivity index (χ1v) is 6.80. The van der Waals surface area contributed by atoms with Gasteiger partial charge in [0.25, 0.3) is 5.91 Å². The van der Waals surface area contributed by atoms with Crippen LogP contribution in [0.4, 0.5) is 5.69 Å². The van der Waals surface area contributed by atoms with Gasteiger partial charge in [0, 0.05) is 24.7 Å². The lowest BCUT2D eigenvalue weighted by molar-refractivity contribution is -0.690. The van der Waals surface area contributed by atoms with Gasteiger partial charge in [-0.2, -0.15) is 4.57 Å². The van der Waals surface area contributed by atoms with E-state index < -0.39 is 0 Å².